The third-order valence-corrected chi connectivity index (χ3v) is 4.05. The van der Waals surface area contributed by atoms with E-state index in [1.165, 1.54) is 16.4 Å². The number of phenols is 1. The Morgan fingerprint density at radius 1 is 1.35 bits per heavy atom. The number of hydrogen-bond acceptors (Lipinski definition) is 3. The number of aromatic hydroxyl groups is 1. The first kappa shape index (κ1) is 13.8. The van der Waals surface area contributed by atoms with Crippen LogP contribution in [0.15, 0.2) is 18.2 Å². The van der Waals surface area contributed by atoms with Gasteiger partial charge in [0.05, 0.1) is 5.69 Å². The second kappa shape index (κ2) is 5.37. The monoisotopic (exact) mass is 258 g/mol. The van der Waals surface area contributed by atoms with Gasteiger partial charge in [0.2, 0.25) is 0 Å². The predicted octanol–water partition coefficient (Wildman–Crippen LogP) is 1.38. The fraction of sp³-hybridized carbons (Fsp3) is 0.455. The van der Waals surface area contributed by atoms with Gasteiger partial charge in [0, 0.05) is 19.2 Å². The molecule has 17 heavy (non-hydrogen) atoms. The van der Waals surface area contributed by atoms with E-state index in [0.717, 1.165) is 5.56 Å². The minimum absolute atomic E-state index is 0.0516. The van der Waals surface area contributed by atoms with Crippen molar-refractivity contribution in [1.82, 2.24) is 4.72 Å². The van der Waals surface area contributed by atoms with Crippen LogP contribution in [0.5, 0.6) is 5.75 Å². The molecule has 0 aromatic heterocycles. The van der Waals surface area contributed by atoms with Gasteiger partial charge >= 0.3 is 10.2 Å². The molecule has 1 aromatic carbocycles. The molecule has 0 heterocycles. The fourth-order valence-electron chi connectivity index (χ4n) is 1.60. The van der Waals surface area contributed by atoms with E-state index in [1.807, 2.05) is 0 Å². The number of nitrogens with zero attached hydrogens (tertiary/aromatic N) is 1. The van der Waals surface area contributed by atoms with Crippen molar-refractivity contribution < 1.29 is 13.5 Å². The van der Waals surface area contributed by atoms with E-state index >= 15 is 0 Å². The number of hydrogen-bond donors (Lipinski definition) is 2. The molecule has 1 rings (SSSR count). The lowest BCUT2D eigenvalue weighted by Gasteiger charge is -2.24. The van der Waals surface area contributed by atoms with Crippen LogP contribution in [0, 0.1) is 6.92 Å². The highest BCUT2D eigenvalue weighted by Gasteiger charge is 2.21. The van der Waals surface area contributed by atoms with Gasteiger partial charge < -0.3 is 5.11 Å². The highest BCUT2D eigenvalue weighted by Crippen LogP contribution is 2.26. The summed E-state index contributed by atoms with van der Waals surface area (Å²) in [7, 11) is -3.54. The highest BCUT2D eigenvalue weighted by atomic mass is 32.2. The molecule has 1 aromatic rings. The maximum atomic E-state index is 12.0. The molecule has 0 radical (unpaired) electrons. The van der Waals surface area contributed by atoms with Crippen LogP contribution in [0.4, 0.5) is 5.69 Å². The van der Waals surface area contributed by atoms with Gasteiger partial charge in [-0.3, -0.25) is 4.31 Å². The van der Waals surface area contributed by atoms with Crippen molar-refractivity contribution in [1.29, 1.82) is 0 Å². The molecule has 0 amide bonds. The van der Waals surface area contributed by atoms with Gasteiger partial charge in [-0.2, -0.15) is 13.1 Å². The maximum absolute atomic E-state index is 12.0. The first-order chi connectivity index (χ1) is 7.92. The normalized spacial score (nSPS) is 11.5. The van der Waals surface area contributed by atoms with Crippen LogP contribution in [0.1, 0.15) is 19.4 Å². The van der Waals surface area contributed by atoms with Crippen molar-refractivity contribution in [3.63, 3.8) is 0 Å². The molecule has 0 aliphatic carbocycles. The van der Waals surface area contributed by atoms with E-state index in [9.17, 15) is 13.5 Å². The second-order valence-corrected chi connectivity index (χ2v) is 5.32. The van der Waals surface area contributed by atoms with Gasteiger partial charge in [0.25, 0.3) is 0 Å². The molecular formula is C11H18N2O3S. The van der Waals surface area contributed by atoms with Crippen LogP contribution >= 0.6 is 0 Å². The Bertz CT molecular complexity index is 485. The lowest BCUT2D eigenvalue weighted by molar-refractivity contribution is 0.475. The zero-order chi connectivity index (χ0) is 13.1. The Balaban J connectivity index is 3.23. The van der Waals surface area contributed by atoms with Gasteiger partial charge in [-0.1, -0.05) is 13.0 Å². The van der Waals surface area contributed by atoms with Crippen molar-refractivity contribution in [3.05, 3.63) is 23.8 Å². The van der Waals surface area contributed by atoms with E-state index in [0.29, 0.717) is 18.8 Å². The molecule has 0 atom stereocenters. The van der Waals surface area contributed by atoms with Crippen LogP contribution in [0.2, 0.25) is 0 Å². The average molecular weight is 258 g/mol. The van der Waals surface area contributed by atoms with E-state index < -0.39 is 10.2 Å². The van der Waals surface area contributed by atoms with E-state index in [4.69, 9.17) is 0 Å². The van der Waals surface area contributed by atoms with Crippen LogP contribution in [-0.2, 0) is 10.2 Å². The molecule has 2 N–H and O–H groups in total. The molecule has 0 aliphatic rings. The molecule has 0 saturated carbocycles. The summed E-state index contributed by atoms with van der Waals surface area (Å²) in [5.74, 6) is 0.0516. The van der Waals surface area contributed by atoms with Crippen molar-refractivity contribution in [2.75, 3.05) is 17.4 Å². The molecule has 6 heteroatoms. The summed E-state index contributed by atoms with van der Waals surface area (Å²) in [5, 5.41) is 9.44. The summed E-state index contributed by atoms with van der Waals surface area (Å²) in [6.45, 7) is 5.91. The predicted molar refractivity (Wildman–Crippen MR) is 68.5 cm³/mol. The number of phenolic OH excluding ortho intramolecular Hbond substituents is 1. The van der Waals surface area contributed by atoms with E-state index in [1.54, 1.807) is 26.8 Å². The highest BCUT2D eigenvalue weighted by molar-refractivity contribution is 7.90. The summed E-state index contributed by atoms with van der Waals surface area (Å²) in [5.41, 5.74) is 1.29. The van der Waals surface area contributed by atoms with Crippen molar-refractivity contribution >= 4 is 15.9 Å². The fourth-order valence-corrected chi connectivity index (χ4v) is 2.91. The van der Waals surface area contributed by atoms with Crippen LogP contribution in [-0.4, -0.2) is 26.6 Å². The number of anilines is 1. The SMILES string of the molecule is CCNS(=O)(=O)N(CC)c1cc(O)ccc1C. The molecule has 96 valence electrons. The Kier molecular flexibility index (Phi) is 4.36. The molecule has 5 nitrogen and oxygen atoms in total. The van der Waals surface area contributed by atoms with Crippen LogP contribution in [0.3, 0.4) is 0 Å². The molecule has 0 unspecified atom stereocenters. The van der Waals surface area contributed by atoms with Gasteiger partial charge in [-0.05, 0) is 25.5 Å². The first-order valence-corrected chi connectivity index (χ1v) is 6.93. The molecular weight excluding hydrogens is 240 g/mol. The summed E-state index contributed by atoms with van der Waals surface area (Å²) >= 11 is 0. The zero-order valence-corrected chi connectivity index (χ0v) is 11.1. The lowest BCUT2D eigenvalue weighted by atomic mass is 10.2. The lowest BCUT2D eigenvalue weighted by Crippen LogP contribution is -2.41. The second-order valence-electron chi connectivity index (χ2n) is 3.64. The van der Waals surface area contributed by atoms with Crippen LogP contribution < -0.4 is 9.03 Å². The minimum Gasteiger partial charge on any atom is -0.508 e. The summed E-state index contributed by atoms with van der Waals surface area (Å²) in [4.78, 5) is 0. The maximum Gasteiger partial charge on any atom is 0.301 e. The molecule has 0 fully saturated rings. The van der Waals surface area contributed by atoms with Gasteiger partial charge in [0.15, 0.2) is 0 Å². The average Bonchev–Trinajstić information content (AvgIpc) is 2.23. The Morgan fingerprint density at radius 3 is 2.53 bits per heavy atom. The topological polar surface area (TPSA) is 69.6 Å². The van der Waals surface area contributed by atoms with Gasteiger partial charge in [-0.25, -0.2) is 0 Å². The van der Waals surface area contributed by atoms with Crippen molar-refractivity contribution in [2.24, 2.45) is 0 Å². The number of benzene rings is 1. The van der Waals surface area contributed by atoms with Gasteiger partial charge in [0.1, 0.15) is 5.75 Å². The summed E-state index contributed by atoms with van der Waals surface area (Å²) < 4.78 is 27.6. The third-order valence-electron chi connectivity index (χ3n) is 2.37. The molecule has 0 aliphatic heterocycles. The number of aryl methyl sites for hydroxylation is 1. The Hall–Kier alpha value is -1.27. The Morgan fingerprint density at radius 2 is 2.00 bits per heavy atom. The number of nitrogens with one attached hydrogen (secondary N) is 1. The zero-order valence-electron chi connectivity index (χ0n) is 10.3. The van der Waals surface area contributed by atoms with Crippen molar-refractivity contribution in [2.45, 2.75) is 20.8 Å². The van der Waals surface area contributed by atoms with E-state index in [2.05, 4.69) is 4.72 Å². The molecule has 0 spiro atoms. The number of rotatable bonds is 5. The van der Waals surface area contributed by atoms with E-state index in [-0.39, 0.29) is 5.75 Å². The van der Waals surface area contributed by atoms with Crippen molar-refractivity contribution in [3.8, 4) is 5.75 Å². The standard InChI is InChI=1S/C11H18N2O3S/c1-4-12-17(15,16)13(5-2)11-8-10(14)7-6-9(11)3/h6-8,12,14H,4-5H2,1-3H3. The largest absolute Gasteiger partial charge is 0.508 e. The smallest absolute Gasteiger partial charge is 0.301 e. The van der Waals surface area contributed by atoms with Gasteiger partial charge in [-0.15, -0.1) is 0 Å². The third kappa shape index (κ3) is 3.10. The minimum atomic E-state index is -3.54. The molecule has 0 saturated heterocycles. The molecule has 0 bridgehead atoms. The summed E-state index contributed by atoms with van der Waals surface area (Å²) in [6.07, 6.45) is 0. The summed E-state index contributed by atoms with van der Waals surface area (Å²) in [6, 6.07) is 4.68. The van der Waals surface area contributed by atoms with Crippen LogP contribution in [0.25, 0.3) is 0 Å². The quantitative estimate of drug-likeness (QED) is 0.838. The first-order valence-electron chi connectivity index (χ1n) is 5.49. The Labute approximate surface area is 102 Å².